The van der Waals surface area contributed by atoms with Gasteiger partial charge in [-0.05, 0) is 38.1 Å². The molecule has 1 heterocycles. The van der Waals surface area contributed by atoms with Crippen molar-refractivity contribution in [2.75, 3.05) is 6.54 Å². The molecule has 1 aromatic rings. The normalized spacial score (nSPS) is 19.3. The Hall–Kier alpha value is -0.960. The minimum atomic E-state index is 0.463. The zero-order valence-electron chi connectivity index (χ0n) is 12.6. The number of fused-ring (bicyclic) bond motifs is 1. The Bertz CT molecular complexity index is 401. The van der Waals surface area contributed by atoms with E-state index in [0.717, 1.165) is 25.2 Å². The van der Waals surface area contributed by atoms with Crippen LogP contribution in [0.5, 0.6) is 0 Å². The number of nitrogens with zero attached hydrogens (tertiary/aromatic N) is 2. The second-order valence-corrected chi connectivity index (χ2v) is 6.04. The molecule has 0 aromatic carbocycles. The van der Waals surface area contributed by atoms with E-state index in [9.17, 15) is 0 Å². The minimum absolute atomic E-state index is 0.463. The fraction of sp³-hybridized carbons (Fsp3) is 0.750. The Morgan fingerprint density at radius 3 is 2.95 bits per heavy atom. The van der Waals surface area contributed by atoms with Crippen molar-refractivity contribution in [1.29, 1.82) is 0 Å². The highest BCUT2D eigenvalue weighted by Gasteiger charge is 2.20. The van der Waals surface area contributed by atoms with Crippen molar-refractivity contribution in [3.8, 4) is 0 Å². The van der Waals surface area contributed by atoms with Crippen molar-refractivity contribution in [3.63, 3.8) is 0 Å². The van der Waals surface area contributed by atoms with Crippen molar-refractivity contribution in [3.05, 3.63) is 23.3 Å². The van der Waals surface area contributed by atoms with Gasteiger partial charge in [-0.2, -0.15) is 0 Å². The highest BCUT2D eigenvalue weighted by atomic mass is 14.9. The molecule has 19 heavy (non-hydrogen) atoms. The van der Waals surface area contributed by atoms with Gasteiger partial charge >= 0.3 is 0 Å². The van der Waals surface area contributed by atoms with E-state index >= 15 is 0 Å². The zero-order chi connectivity index (χ0) is 13.7. The third kappa shape index (κ3) is 4.00. The summed E-state index contributed by atoms with van der Waals surface area (Å²) < 4.78 is 0. The molecule has 0 aliphatic heterocycles. The molecular formula is C16H27N3. The van der Waals surface area contributed by atoms with Crippen LogP contribution in [0.2, 0.25) is 0 Å². The SMILES string of the molecule is CCCNC1CCCCc2nc(CC(C)C)ncc21. The summed E-state index contributed by atoms with van der Waals surface area (Å²) in [5.41, 5.74) is 2.63. The van der Waals surface area contributed by atoms with Crippen LogP contribution in [0.25, 0.3) is 0 Å². The summed E-state index contributed by atoms with van der Waals surface area (Å²) in [6.45, 7) is 7.74. The number of hydrogen-bond acceptors (Lipinski definition) is 3. The number of nitrogens with one attached hydrogen (secondary N) is 1. The Kier molecular flexibility index (Phi) is 5.32. The van der Waals surface area contributed by atoms with E-state index < -0.39 is 0 Å². The zero-order valence-corrected chi connectivity index (χ0v) is 12.6. The van der Waals surface area contributed by atoms with Crippen molar-refractivity contribution in [1.82, 2.24) is 15.3 Å². The Labute approximate surface area is 117 Å². The van der Waals surface area contributed by atoms with Gasteiger partial charge in [-0.1, -0.05) is 27.2 Å². The lowest BCUT2D eigenvalue weighted by molar-refractivity contribution is 0.487. The Balaban J connectivity index is 2.19. The van der Waals surface area contributed by atoms with Crippen LogP contribution in [0.4, 0.5) is 0 Å². The largest absolute Gasteiger partial charge is 0.310 e. The summed E-state index contributed by atoms with van der Waals surface area (Å²) in [5.74, 6) is 1.64. The first-order chi connectivity index (χ1) is 9.20. The molecule has 3 heteroatoms. The van der Waals surface area contributed by atoms with Gasteiger partial charge in [0.25, 0.3) is 0 Å². The lowest BCUT2D eigenvalue weighted by atomic mass is 10.0. The van der Waals surface area contributed by atoms with Crippen molar-refractivity contribution in [2.45, 2.75) is 65.3 Å². The summed E-state index contributed by atoms with van der Waals surface area (Å²) in [5, 5.41) is 3.65. The molecule has 3 nitrogen and oxygen atoms in total. The first-order valence-corrected chi connectivity index (χ1v) is 7.78. The van der Waals surface area contributed by atoms with Gasteiger partial charge in [-0.3, -0.25) is 0 Å². The van der Waals surface area contributed by atoms with Crippen LogP contribution in [0, 0.1) is 5.92 Å². The van der Waals surface area contributed by atoms with Gasteiger partial charge in [0.1, 0.15) is 5.82 Å². The van der Waals surface area contributed by atoms with E-state index in [2.05, 4.69) is 37.3 Å². The lowest BCUT2D eigenvalue weighted by Crippen LogP contribution is -2.23. The van der Waals surface area contributed by atoms with Crippen LogP contribution in [0.3, 0.4) is 0 Å². The van der Waals surface area contributed by atoms with Crippen LogP contribution >= 0.6 is 0 Å². The predicted octanol–water partition coefficient (Wildman–Crippen LogP) is 3.44. The predicted molar refractivity (Wildman–Crippen MR) is 79.2 cm³/mol. The van der Waals surface area contributed by atoms with Gasteiger partial charge < -0.3 is 5.32 Å². The van der Waals surface area contributed by atoms with Gasteiger partial charge in [0, 0.05) is 29.9 Å². The van der Waals surface area contributed by atoms with Crippen LogP contribution in [-0.4, -0.2) is 16.5 Å². The van der Waals surface area contributed by atoms with Gasteiger partial charge in [0.15, 0.2) is 0 Å². The fourth-order valence-corrected chi connectivity index (χ4v) is 2.75. The van der Waals surface area contributed by atoms with Gasteiger partial charge in [-0.15, -0.1) is 0 Å². The van der Waals surface area contributed by atoms with E-state index in [1.54, 1.807) is 0 Å². The highest BCUT2D eigenvalue weighted by Crippen LogP contribution is 2.27. The second-order valence-electron chi connectivity index (χ2n) is 6.04. The molecule has 2 rings (SSSR count). The smallest absolute Gasteiger partial charge is 0.128 e. The average molecular weight is 261 g/mol. The van der Waals surface area contributed by atoms with E-state index in [1.807, 2.05) is 0 Å². The quantitative estimate of drug-likeness (QED) is 0.825. The summed E-state index contributed by atoms with van der Waals surface area (Å²) >= 11 is 0. The summed E-state index contributed by atoms with van der Waals surface area (Å²) in [4.78, 5) is 9.40. The fourth-order valence-electron chi connectivity index (χ4n) is 2.75. The number of aryl methyl sites for hydroxylation is 1. The maximum absolute atomic E-state index is 4.82. The number of aromatic nitrogens is 2. The molecule has 106 valence electrons. The number of hydrogen-bond donors (Lipinski definition) is 1. The molecule has 1 unspecified atom stereocenters. The van der Waals surface area contributed by atoms with Crippen molar-refractivity contribution >= 4 is 0 Å². The molecule has 1 aromatic heterocycles. The molecule has 1 aliphatic carbocycles. The van der Waals surface area contributed by atoms with E-state index in [-0.39, 0.29) is 0 Å². The van der Waals surface area contributed by atoms with E-state index in [1.165, 1.54) is 36.9 Å². The molecule has 0 saturated heterocycles. The molecule has 0 saturated carbocycles. The van der Waals surface area contributed by atoms with Gasteiger partial charge in [-0.25, -0.2) is 9.97 Å². The molecule has 0 fully saturated rings. The average Bonchev–Trinajstić information content (AvgIpc) is 2.57. The maximum atomic E-state index is 4.82. The standard InChI is InChI=1S/C16H27N3/c1-4-9-17-14-7-5-6-8-15-13(14)11-18-16(19-15)10-12(2)3/h11-12,14,17H,4-10H2,1-3H3. The Morgan fingerprint density at radius 2 is 2.21 bits per heavy atom. The van der Waals surface area contributed by atoms with Crippen LogP contribution in [0.15, 0.2) is 6.20 Å². The molecule has 0 spiro atoms. The van der Waals surface area contributed by atoms with Gasteiger partial charge in [0.2, 0.25) is 0 Å². The van der Waals surface area contributed by atoms with Crippen LogP contribution in [0.1, 0.15) is 69.6 Å². The van der Waals surface area contributed by atoms with Crippen LogP contribution < -0.4 is 5.32 Å². The number of rotatable bonds is 5. The topological polar surface area (TPSA) is 37.8 Å². The first kappa shape index (κ1) is 14.4. The van der Waals surface area contributed by atoms with Crippen LogP contribution in [-0.2, 0) is 12.8 Å². The Morgan fingerprint density at radius 1 is 1.37 bits per heavy atom. The van der Waals surface area contributed by atoms with Gasteiger partial charge in [0.05, 0.1) is 0 Å². The monoisotopic (exact) mass is 261 g/mol. The second kappa shape index (κ2) is 6.99. The molecule has 1 aliphatic rings. The molecular weight excluding hydrogens is 234 g/mol. The van der Waals surface area contributed by atoms with E-state index in [4.69, 9.17) is 4.98 Å². The lowest BCUT2D eigenvalue weighted by Gasteiger charge is -2.18. The van der Waals surface area contributed by atoms with E-state index in [0.29, 0.717) is 12.0 Å². The first-order valence-electron chi connectivity index (χ1n) is 7.78. The third-order valence-electron chi connectivity index (χ3n) is 3.71. The molecule has 1 atom stereocenters. The molecule has 0 bridgehead atoms. The third-order valence-corrected chi connectivity index (χ3v) is 3.71. The van der Waals surface area contributed by atoms with Crippen molar-refractivity contribution in [2.24, 2.45) is 5.92 Å². The highest BCUT2D eigenvalue weighted by molar-refractivity contribution is 5.23. The van der Waals surface area contributed by atoms with Crippen molar-refractivity contribution < 1.29 is 0 Å². The summed E-state index contributed by atoms with van der Waals surface area (Å²) in [7, 11) is 0. The summed E-state index contributed by atoms with van der Waals surface area (Å²) in [6, 6.07) is 0.463. The molecule has 0 amide bonds. The summed E-state index contributed by atoms with van der Waals surface area (Å²) in [6.07, 6.45) is 9.14. The minimum Gasteiger partial charge on any atom is -0.310 e. The molecule has 1 N–H and O–H groups in total. The maximum Gasteiger partial charge on any atom is 0.128 e. The molecule has 0 radical (unpaired) electrons.